The topological polar surface area (TPSA) is 81.5 Å². The van der Waals surface area contributed by atoms with Gasteiger partial charge in [0.05, 0.1) is 25.7 Å². The second kappa shape index (κ2) is 7.14. The number of rotatable bonds is 3. The molecule has 1 aromatic carbocycles. The Kier molecular flexibility index (Phi) is 5.11. The molecule has 2 aromatic rings. The monoisotopic (exact) mass is 395 g/mol. The molecular formula is C16H14ClN3O3S2. The van der Waals surface area contributed by atoms with Gasteiger partial charge < -0.3 is 4.90 Å². The minimum atomic E-state index is -3.63. The van der Waals surface area contributed by atoms with Crippen LogP contribution < -0.4 is 0 Å². The Balaban J connectivity index is 1.68. The van der Waals surface area contributed by atoms with Crippen molar-refractivity contribution in [2.75, 3.05) is 26.2 Å². The van der Waals surface area contributed by atoms with E-state index in [0.717, 1.165) is 0 Å². The summed E-state index contributed by atoms with van der Waals surface area (Å²) in [6.07, 6.45) is 0. The van der Waals surface area contributed by atoms with Crippen LogP contribution in [0.15, 0.2) is 41.3 Å². The standard InChI is InChI=1S/C16H14ClN3O3S2/c17-15-6-5-14(24-15)16(21)19-7-9-20(10-8-19)25(22,23)13-3-1-12(11-18)2-4-13/h1-6H,7-10H2. The summed E-state index contributed by atoms with van der Waals surface area (Å²) in [5, 5.41) is 8.80. The van der Waals surface area contributed by atoms with Crippen LogP contribution in [0.3, 0.4) is 0 Å². The molecule has 25 heavy (non-hydrogen) atoms. The number of benzene rings is 1. The van der Waals surface area contributed by atoms with Crippen molar-refractivity contribution in [2.45, 2.75) is 4.90 Å². The molecule has 0 saturated carbocycles. The average Bonchev–Trinajstić information content (AvgIpc) is 3.07. The van der Waals surface area contributed by atoms with Crippen molar-refractivity contribution in [3.8, 4) is 6.07 Å². The molecule has 1 aromatic heterocycles. The van der Waals surface area contributed by atoms with Crippen LogP contribution in [-0.4, -0.2) is 49.7 Å². The first-order chi connectivity index (χ1) is 11.9. The fraction of sp³-hybridized carbons (Fsp3) is 0.250. The molecule has 0 radical (unpaired) electrons. The zero-order valence-electron chi connectivity index (χ0n) is 13.1. The number of amides is 1. The van der Waals surface area contributed by atoms with Gasteiger partial charge in [0.2, 0.25) is 10.0 Å². The van der Waals surface area contributed by atoms with E-state index < -0.39 is 10.0 Å². The first-order valence-corrected chi connectivity index (χ1v) is 10.1. The second-order valence-corrected chi connectivity index (χ2v) is 9.09. The second-order valence-electron chi connectivity index (χ2n) is 5.44. The number of sulfonamides is 1. The van der Waals surface area contributed by atoms with Crippen molar-refractivity contribution in [3.05, 3.63) is 51.2 Å². The number of nitrogens with zero attached hydrogens (tertiary/aromatic N) is 3. The van der Waals surface area contributed by atoms with Gasteiger partial charge in [-0.1, -0.05) is 11.6 Å². The van der Waals surface area contributed by atoms with Crippen LogP contribution in [0.5, 0.6) is 0 Å². The highest BCUT2D eigenvalue weighted by atomic mass is 35.5. The highest BCUT2D eigenvalue weighted by molar-refractivity contribution is 7.89. The SMILES string of the molecule is N#Cc1ccc(S(=O)(=O)N2CCN(C(=O)c3ccc(Cl)s3)CC2)cc1. The van der Waals surface area contributed by atoms with E-state index >= 15 is 0 Å². The predicted molar refractivity (Wildman–Crippen MR) is 95.1 cm³/mol. The van der Waals surface area contributed by atoms with E-state index in [1.54, 1.807) is 17.0 Å². The Morgan fingerprint density at radius 2 is 1.72 bits per heavy atom. The summed E-state index contributed by atoms with van der Waals surface area (Å²) in [5.41, 5.74) is 0.406. The molecule has 9 heteroatoms. The average molecular weight is 396 g/mol. The van der Waals surface area contributed by atoms with E-state index in [2.05, 4.69) is 0 Å². The largest absolute Gasteiger partial charge is 0.335 e. The van der Waals surface area contributed by atoms with E-state index in [-0.39, 0.29) is 23.9 Å². The summed E-state index contributed by atoms with van der Waals surface area (Å²) in [6, 6.07) is 11.1. The Labute approximate surface area is 154 Å². The van der Waals surface area contributed by atoms with E-state index in [9.17, 15) is 13.2 Å². The van der Waals surface area contributed by atoms with Gasteiger partial charge in [-0.2, -0.15) is 9.57 Å². The zero-order valence-corrected chi connectivity index (χ0v) is 15.4. The van der Waals surface area contributed by atoms with Gasteiger partial charge in [0.1, 0.15) is 0 Å². The van der Waals surface area contributed by atoms with Gasteiger partial charge in [-0.3, -0.25) is 4.79 Å². The molecule has 0 atom stereocenters. The zero-order chi connectivity index (χ0) is 18.0. The minimum absolute atomic E-state index is 0.132. The lowest BCUT2D eigenvalue weighted by Gasteiger charge is -2.33. The van der Waals surface area contributed by atoms with Crippen molar-refractivity contribution in [1.29, 1.82) is 5.26 Å². The smallest absolute Gasteiger partial charge is 0.264 e. The Morgan fingerprint density at radius 3 is 2.24 bits per heavy atom. The molecule has 0 spiro atoms. The maximum atomic E-state index is 12.7. The molecule has 0 aliphatic carbocycles. The molecule has 130 valence electrons. The van der Waals surface area contributed by atoms with Gasteiger partial charge in [-0.25, -0.2) is 8.42 Å². The van der Waals surface area contributed by atoms with Gasteiger partial charge in [0.25, 0.3) is 5.91 Å². The molecule has 0 unspecified atom stereocenters. The number of thiophene rings is 1. The normalized spacial score (nSPS) is 15.8. The number of hydrogen-bond donors (Lipinski definition) is 0. The van der Waals surface area contributed by atoms with Crippen molar-refractivity contribution >= 4 is 38.9 Å². The van der Waals surface area contributed by atoms with Crippen molar-refractivity contribution in [2.24, 2.45) is 0 Å². The van der Waals surface area contributed by atoms with Crippen molar-refractivity contribution in [3.63, 3.8) is 0 Å². The lowest BCUT2D eigenvalue weighted by atomic mass is 10.2. The molecule has 6 nitrogen and oxygen atoms in total. The van der Waals surface area contributed by atoms with Gasteiger partial charge in [-0.15, -0.1) is 11.3 Å². The molecule has 1 fully saturated rings. The van der Waals surface area contributed by atoms with Crippen LogP contribution in [0.1, 0.15) is 15.2 Å². The first kappa shape index (κ1) is 17.9. The quantitative estimate of drug-likeness (QED) is 0.799. The Bertz CT molecular complexity index is 924. The summed E-state index contributed by atoms with van der Waals surface area (Å²) in [7, 11) is -3.63. The third kappa shape index (κ3) is 3.70. The fourth-order valence-corrected chi connectivity index (χ4v) is 5.00. The van der Waals surface area contributed by atoms with Crippen LogP contribution in [0.2, 0.25) is 4.34 Å². The molecule has 1 amide bonds. The number of nitriles is 1. The van der Waals surface area contributed by atoms with E-state index in [1.807, 2.05) is 6.07 Å². The highest BCUT2D eigenvalue weighted by Crippen LogP contribution is 2.24. The summed E-state index contributed by atoms with van der Waals surface area (Å²) in [4.78, 5) is 14.7. The number of piperazine rings is 1. The van der Waals surface area contributed by atoms with Crippen molar-refractivity contribution < 1.29 is 13.2 Å². The molecule has 1 aliphatic rings. The summed E-state index contributed by atoms with van der Waals surface area (Å²) in [6.45, 7) is 1.11. The van der Waals surface area contributed by atoms with Gasteiger partial charge in [0, 0.05) is 26.2 Å². The highest BCUT2D eigenvalue weighted by Gasteiger charge is 2.30. The van der Waals surface area contributed by atoms with Crippen LogP contribution >= 0.6 is 22.9 Å². The van der Waals surface area contributed by atoms with E-state index in [0.29, 0.717) is 27.9 Å². The van der Waals surface area contributed by atoms with Gasteiger partial charge in [-0.05, 0) is 36.4 Å². The first-order valence-electron chi connectivity index (χ1n) is 7.47. The number of carbonyl (C=O) groups is 1. The van der Waals surface area contributed by atoms with Crippen molar-refractivity contribution in [1.82, 2.24) is 9.21 Å². The summed E-state index contributed by atoms with van der Waals surface area (Å²) in [5.74, 6) is -0.132. The molecule has 2 heterocycles. The lowest BCUT2D eigenvalue weighted by molar-refractivity contribution is 0.0703. The Morgan fingerprint density at radius 1 is 1.08 bits per heavy atom. The van der Waals surface area contributed by atoms with E-state index in [4.69, 9.17) is 16.9 Å². The van der Waals surface area contributed by atoms with Crippen LogP contribution in [0.4, 0.5) is 0 Å². The minimum Gasteiger partial charge on any atom is -0.335 e. The van der Waals surface area contributed by atoms with Gasteiger partial charge in [0.15, 0.2) is 0 Å². The third-order valence-electron chi connectivity index (χ3n) is 3.93. The predicted octanol–water partition coefficient (Wildman–Crippen LogP) is 2.42. The maximum Gasteiger partial charge on any atom is 0.264 e. The lowest BCUT2D eigenvalue weighted by Crippen LogP contribution is -2.50. The summed E-state index contributed by atoms with van der Waals surface area (Å²) < 4.78 is 27.2. The number of hydrogen-bond acceptors (Lipinski definition) is 5. The Hall–Kier alpha value is -1.92. The van der Waals surface area contributed by atoms with E-state index in [1.165, 1.54) is 39.9 Å². The fourth-order valence-electron chi connectivity index (χ4n) is 2.57. The van der Waals surface area contributed by atoms with Crippen LogP contribution in [0.25, 0.3) is 0 Å². The molecule has 0 N–H and O–H groups in total. The summed E-state index contributed by atoms with van der Waals surface area (Å²) >= 11 is 7.07. The number of carbonyl (C=O) groups excluding carboxylic acids is 1. The maximum absolute atomic E-state index is 12.7. The van der Waals surface area contributed by atoms with Crippen LogP contribution in [-0.2, 0) is 10.0 Å². The van der Waals surface area contributed by atoms with Gasteiger partial charge >= 0.3 is 0 Å². The molecule has 1 saturated heterocycles. The number of halogens is 1. The molecule has 1 aliphatic heterocycles. The molecular weight excluding hydrogens is 382 g/mol. The van der Waals surface area contributed by atoms with Crippen LogP contribution in [0, 0.1) is 11.3 Å². The molecule has 3 rings (SSSR count). The molecule has 0 bridgehead atoms. The third-order valence-corrected chi connectivity index (χ3v) is 7.06.